The van der Waals surface area contributed by atoms with Crippen molar-refractivity contribution in [1.29, 1.82) is 0 Å². The SMILES string of the molecule is COc1ccc2c(c1)CCc1cccnc1C2=C1CCN(C[C@H]2CCCC[C@@H]2CN2C(=O)C3C(C2=O)[C@H]2CC[C@@H]3C2)CC1. The number of rotatable bonds is 5. The molecule has 2 saturated heterocycles. The molecule has 8 rings (SSSR count). The molecule has 3 saturated carbocycles. The molecule has 1 aromatic carbocycles. The first-order chi connectivity index (χ1) is 21.1. The van der Waals surface area contributed by atoms with E-state index in [0.717, 1.165) is 76.8 Å². The fourth-order valence-electron chi connectivity index (χ4n) is 10.0. The summed E-state index contributed by atoms with van der Waals surface area (Å²) in [6.45, 7) is 3.88. The van der Waals surface area contributed by atoms with E-state index in [4.69, 9.17) is 9.72 Å². The highest BCUT2D eigenvalue weighted by Crippen LogP contribution is 2.56. The van der Waals surface area contributed by atoms with Crippen LogP contribution in [-0.4, -0.2) is 59.9 Å². The number of nitrogens with zero attached hydrogens (tertiary/aromatic N) is 3. The van der Waals surface area contributed by atoms with Gasteiger partial charge < -0.3 is 9.64 Å². The summed E-state index contributed by atoms with van der Waals surface area (Å²) in [7, 11) is 1.75. The van der Waals surface area contributed by atoms with Gasteiger partial charge in [0.1, 0.15) is 5.75 Å². The molecule has 226 valence electrons. The molecule has 6 aliphatic rings. The van der Waals surface area contributed by atoms with Crippen molar-refractivity contribution in [3.63, 3.8) is 0 Å². The topological polar surface area (TPSA) is 62.7 Å². The number of hydrogen-bond acceptors (Lipinski definition) is 5. The Kier molecular flexibility index (Phi) is 7.16. The quantitative estimate of drug-likeness (QED) is 0.412. The van der Waals surface area contributed by atoms with Crippen LogP contribution >= 0.6 is 0 Å². The number of pyridine rings is 1. The predicted octanol–water partition coefficient (Wildman–Crippen LogP) is 5.92. The van der Waals surface area contributed by atoms with E-state index in [2.05, 4.69) is 35.2 Å². The van der Waals surface area contributed by atoms with E-state index in [1.807, 2.05) is 6.20 Å². The molecule has 3 heterocycles. The lowest BCUT2D eigenvalue weighted by atomic mass is 9.78. The van der Waals surface area contributed by atoms with E-state index in [9.17, 15) is 9.59 Å². The molecule has 6 atom stereocenters. The first kappa shape index (κ1) is 27.6. The van der Waals surface area contributed by atoms with E-state index in [1.165, 1.54) is 52.8 Å². The van der Waals surface area contributed by atoms with Crippen molar-refractivity contribution in [3.05, 3.63) is 64.5 Å². The largest absolute Gasteiger partial charge is 0.497 e. The van der Waals surface area contributed by atoms with Gasteiger partial charge in [-0.25, -0.2) is 0 Å². The highest BCUT2D eigenvalue weighted by atomic mass is 16.5. The smallest absolute Gasteiger partial charge is 0.233 e. The number of carbonyl (C=O) groups excluding carboxylic acids is 2. The molecule has 2 aliphatic heterocycles. The minimum absolute atomic E-state index is 0.0108. The van der Waals surface area contributed by atoms with Crippen molar-refractivity contribution in [3.8, 4) is 5.75 Å². The number of imide groups is 1. The van der Waals surface area contributed by atoms with Crippen molar-refractivity contribution in [1.82, 2.24) is 14.8 Å². The number of fused-ring (bicyclic) bond motifs is 7. The zero-order chi connectivity index (χ0) is 29.1. The van der Waals surface area contributed by atoms with Crippen LogP contribution in [-0.2, 0) is 22.4 Å². The molecule has 0 radical (unpaired) electrons. The Balaban J connectivity index is 0.982. The zero-order valence-electron chi connectivity index (χ0n) is 25.6. The van der Waals surface area contributed by atoms with E-state index >= 15 is 0 Å². The van der Waals surface area contributed by atoms with Crippen molar-refractivity contribution in [2.75, 3.05) is 33.3 Å². The summed E-state index contributed by atoms with van der Waals surface area (Å²) in [5.74, 6) is 3.25. The molecular formula is C37H45N3O3. The van der Waals surface area contributed by atoms with Crippen LogP contribution in [0.15, 0.2) is 42.1 Å². The Morgan fingerprint density at radius 1 is 0.837 bits per heavy atom. The van der Waals surface area contributed by atoms with Crippen LogP contribution in [0.2, 0.25) is 0 Å². The maximum Gasteiger partial charge on any atom is 0.233 e. The summed E-state index contributed by atoms with van der Waals surface area (Å²) in [5, 5.41) is 0. The van der Waals surface area contributed by atoms with Crippen molar-refractivity contribution < 1.29 is 14.3 Å². The molecule has 2 amide bonds. The van der Waals surface area contributed by atoms with Gasteiger partial charge in [0.15, 0.2) is 0 Å². The lowest BCUT2D eigenvalue weighted by Gasteiger charge is -2.39. The Morgan fingerprint density at radius 3 is 2.26 bits per heavy atom. The second-order valence-corrected chi connectivity index (χ2v) is 14.3. The Hall–Kier alpha value is -2.99. The van der Waals surface area contributed by atoms with Crippen molar-refractivity contribution in [2.24, 2.45) is 35.5 Å². The molecule has 5 fully saturated rings. The second-order valence-electron chi connectivity index (χ2n) is 14.3. The van der Waals surface area contributed by atoms with Crippen LogP contribution in [0.5, 0.6) is 5.75 Å². The second kappa shape index (κ2) is 11.2. The first-order valence-corrected chi connectivity index (χ1v) is 17.0. The molecule has 0 N–H and O–H groups in total. The number of piperidine rings is 1. The normalized spacial score (nSPS) is 32.1. The number of aryl methyl sites for hydroxylation is 2. The minimum atomic E-state index is 0.0108. The van der Waals surface area contributed by atoms with E-state index < -0.39 is 0 Å². The molecule has 6 nitrogen and oxygen atoms in total. The van der Waals surface area contributed by atoms with Crippen LogP contribution in [0, 0.1) is 35.5 Å². The first-order valence-electron chi connectivity index (χ1n) is 17.0. The third-order valence-corrected chi connectivity index (χ3v) is 12.2. The highest BCUT2D eigenvalue weighted by molar-refractivity contribution is 6.06. The van der Waals surface area contributed by atoms with Gasteiger partial charge in [-0.05, 0) is 116 Å². The lowest BCUT2D eigenvalue weighted by molar-refractivity contribution is -0.142. The Labute approximate surface area is 255 Å². The van der Waals surface area contributed by atoms with Gasteiger partial charge in [-0.3, -0.25) is 19.5 Å². The van der Waals surface area contributed by atoms with E-state index in [-0.39, 0.29) is 23.7 Å². The predicted molar refractivity (Wildman–Crippen MR) is 166 cm³/mol. The van der Waals surface area contributed by atoms with Gasteiger partial charge in [-0.1, -0.05) is 30.5 Å². The van der Waals surface area contributed by atoms with Crippen LogP contribution in [0.25, 0.3) is 5.57 Å². The number of carbonyl (C=O) groups is 2. The summed E-state index contributed by atoms with van der Waals surface area (Å²) in [6.07, 6.45) is 14.3. The Morgan fingerprint density at radius 2 is 1.53 bits per heavy atom. The van der Waals surface area contributed by atoms with Gasteiger partial charge in [0.05, 0.1) is 24.6 Å². The summed E-state index contributed by atoms with van der Waals surface area (Å²) >= 11 is 0. The van der Waals surface area contributed by atoms with Gasteiger partial charge in [0.2, 0.25) is 11.8 Å². The fraction of sp³-hybridized carbons (Fsp3) is 0.595. The van der Waals surface area contributed by atoms with E-state index in [0.29, 0.717) is 30.2 Å². The molecule has 0 spiro atoms. The summed E-state index contributed by atoms with van der Waals surface area (Å²) in [5.41, 5.74) is 8.07. The molecule has 1 aromatic heterocycles. The summed E-state index contributed by atoms with van der Waals surface area (Å²) < 4.78 is 5.58. The molecule has 2 bridgehead atoms. The van der Waals surface area contributed by atoms with Gasteiger partial charge >= 0.3 is 0 Å². The molecule has 2 aromatic rings. The van der Waals surface area contributed by atoms with Gasteiger partial charge in [0, 0.05) is 37.9 Å². The number of benzene rings is 1. The third kappa shape index (κ3) is 4.75. The van der Waals surface area contributed by atoms with E-state index in [1.54, 1.807) is 12.0 Å². The number of likely N-dealkylation sites (tertiary alicyclic amines) is 2. The summed E-state index contributed by atoms with van der Waals surface area (Å²) in [4.78, 5) is 36.3. The van der Waals surface area contributed by atoms with Crippen LogP contribution < -0.4 is 4.74 Å². The number of methoxy groups -OCH3 is 1. The van der Waals surface area contributed by atoms with Gasteiger partial charge in [-0.15, -0.1) is 0 Å². The number of ether oxygens (including phenoxy) is 1. The number of aromatic nitrogens is 1. The number of hydrogen-bond donors (Lipinski definition) is 0. The lowest BCUT2D eigenvalue weighted by Crippen LogP contribution is -2.43. The van der Waals surface area contributed by atoms with Gasteiger partial charge in [0.25, 0.3) is 0 Å². The van der Waals surface area contributed by atoms with Crippen LogP contribution in [0.4, 0.5) is 0 Å². The third-order valence-electron chi connectivity index (χ3n) is 12.2. The Bertz CT molecular complexity index is 1430. The van der Waals surface area contributed by atoms with Gasteiger partial charge in [-0.2, -0.15) is 0 Å². The molecular weight excluding hydrogens is 534 g/mol. The molecule has 6 heteroatoms. The zero-order valence-corrected chi connectivity index (χ0v) is 25.6. The fourth-order valence-corrected chi connectivity index (χ4v) is 10.0. The van der Waals surface area contributed by atoms with Crippen LogP contribution in [0.1, 0.15) is 80.2 Å². The highest BCUT2D eigenvalue weighted by Gasteiger charge is 2.61. The molecule has 4 aliphatic carbocycles. The summed E-state index contributed by atoms with van der Waals surface area (Å²) in [6, 6.07) is 10.9. The van der Waals surface area contributed by atoms with Crippen molar-refractivity contribution >= 4 is 17.4 Å². The maximum absolute atomic E-state index is 13.5. The monoisotopic (exact) mass is 579 g/mol. The standard InChI is InChI=1S/C37H45N3O3/c1-43-30-12-13-31-25(20-30)9-8-24-7-4-16-38-35(24)32(31)23-14-17-39(18-15-23)21-28-5-2-3-6-29(28)22-40-36(41)33-26-10-11-27(19-26)34(33)37(40)42/h4,7,12-13,16,20,26-29,33-34H,2-3,5-6,8-11,14-15,17-19,21-22H2,1H3/t26-,27+,28-,29-,33?,34?/m1/s1. The molecule has 43 heavy (non-hydrogen) atoms. The van der Waals surface area contributed by atoms with Crippen LogP contribution in [0.3, 0.4) is 0 Å². The maximum atomic E-state index is 13.5. The van der Waals surface area contributed by atoms with Crippen molar-refractivity contribution in [2.45, 2.75) is 70.6 Å². The average Bonchev–Trinajstić information content (AvgIpc) is 3.69. The minimum Gasteiger partial charge on any atom is -0.497 e. The average molecular weight is 580 g/mol. The molecule has 2 unspecified atom stereocenters. The number of amides is 2.